The van der Waals surface area contributed by atoms with Crippen LogP contribution in [-0.4, -0.2) is 18.5 Å². The fourth-order valence-corrected chi connectivity index (χ4v) is 2.40. The molecule has 2 aromatic rings. The van der Waals surface area contributed by atoms with Gasteiger partial charge in [0.1, 0.15) is 0 Å². The van der Waals surface area contributed by atoms with Crippen molar-refractivity contribution in [1.82, 2.24) is 0 Å². The van der Waals surface area contributed by atoms with E-state index in [2.05, 4.69) is 5.32 Å². The molecule has 0 saturated heterocycles. The van der Waals surface area contributed by atoms with Crippen molar-refractivity contribution in [2.24, 2.45) is 0 Å². The van der Waals surface area contributed by atoms with Gasteiger partial charge in [-0.3, -0.25) is 4.79 Å². The molecular formula is C17H17NO3S. The maximum absolute atomic E-state index is 11.8. The number of anilines is 1. The summed E-state index contributed by atoms with van der Waals surface area (Å²) < 4.78 is 4.91. The molecule has 2 rings (SSSR count). The first-order valence-electron chi connectivity index (χ1n) is 6.79. The van der Waals surface area contributed by atoms with Crippen molar-refractivity contribution in [1.29, 1.82) is 0 Å². The number of carbonyl (C=O) groups excluding carboxylic acids is 2. The van der Waals surface area contributed by atoms with Crippen LogP contribution in [0.2, 0.25) is 0 Å². The molecule has 0 spiro atoms. The maximum Gasteiger partial charge on any atom is 0.331 e. The molecule has 0 atom stereocenters. The molecule has 0 aliphatic rings. The van der Waals surface area contributed by atoms with Gasteiger partial charge in [-0.15, -0.1) is 0 Å². The van der Waals surface area contributed by atoms with Gasteiger partial charge in [-0.2, -0.15) is 11.3 Å². The highest BCUT2D eigenvalue weighted by atomic mass is 32.1. The molecule has 0 saturated carbocycles. The lowest BCUT2D eigenvalue weighted by atomic mass is 10.1. The average Bonchev–Trinajstić information content (AvgIpc) is 3.00. The van der Waals surface area contributed by atoms with Gasteiger partial charge in [0.15, 0.2) is 6.61 Å². The van der Waals surface area contributed by atoms with Crippen LogP contribution >= 0.6 is 11.3 Å². The summed E-state index contributed by atoms with van der Waals surface area (Å²) in [5.41, 5.74) is 3.68. The predicted molar refractivity (Wildman–Crippen MR) is 88.9 cm³/mol. The van der Waals surface area contributed by atoms with Gasteiger partial charge in [0.25, 0.3) is 5.91 Å². The van der Waals surface area contributed by atoms with Gasteiger partial charge in [-0.1, -0.05) is 12.1 Å². The zero-order chi connectivity index (χ0) is 15.9. The Hall–Kier alpha value is -2.40. The van der Waals surface area contributed by atoms with Gasteiger partial charge in [0.05, 0.1) is 0 Å². The van der Waals surface area contributed by atoms with E-state index >= 15 is 0 Å². The van der Waals surface area contributed by atoms with Gasteiger partial charge >= 0.3 is 5.97 Å². The standard InChI is InChI=1S/C17H17NO3S/c1-12-3-4-13(2)15(9-12)18-16(19)10-21-17(20)6-5-14-7-8-22-11-14/h3-9,11H,10H2,1-2H3,(H,18,19)/b6-5+. The average molecular weight is 315 g/mol. The number of nitrogens with one attached hydrogen (secondary N) is 1. The van der Waals surface area contributed by atoms with Crippen LogP contribution in [0.25, 0.3) is 6.08 Å². The second kappa shape index (κ2) is 7.56. The van der Waals surface area contributed by atoms with Crippen LogP contribution < -0.4 is 5.32 Å². The Labute approximate surface area is 133 Å². The van der Waals surface area contributed by atoms with Crippen LogP contribution in [0.1, 0.15) is 16.7 Å². The molecule has 0 unspecified atom stereocenters. The summed E-state index contributed by atoms with van der Waals surface area (Å²) >= 11 is 1.55. The molecule has 0 bridgehead atoms. The van der Waals surface area contributed by atoms with E-state index in [0.717, 1.165) is 22.4 Å². The number of benzene rings is 1. The van der Waals surface area contributed by atoms with E-state index < -0.39 is 5.97 Å². The van der Waals surface area contributed by atoms with Crippen molar-refractivity contribution in [3.8, 4) is 0 Å². The number of rotatable bonds is 5. The van der Waals surface area contributed by atoms with Gasteiger partial charge in [-0.05, 0) is 59.5 Å². The minimum atomic E-state index is -0.540. The SMILES string of the molecule is Cc1ccc(C)c(NC(=O)COC(=O)/C=C/c2ccsc2)c1. The molecule has 22 heavy (non-hydrogen) atoms. The molecule has 0 radical (unpaired) electrons. The second-order valence-corrected chi connectivity index (χ2v) is 5.64. The van der Waals surface area contributed by atoms with Crippen molar-refractivity contribution in [2.45, 2.75) is 13.8 Å². The van der Waals surface area contributed by atoms with E-state index in [9.17, 15) is 9.59 Å². The molecule has 1 amide bonds. The minimum Gasteiger partial charge on any atom is -0.452 e. The van der Waals surface area contributed by atoms with E-state index in [-0.39, 0.29) is 12.5 Å². The summed E-state index contributed by atoms with van der Waals surface area (Å²) in [7, 11) is 0. The lowest BCUT2D eigenvalue weighted by molar-refractivity contribution is -0.142. The first kappa shape index (κ1) is 16.0. The van der Waals surface area contributed by atoms with Gasteiger partial charge in [-0.25, -0.2) is 4.79 Å². The Kier molecular flexibility index (Phi) is 5.49. The van der Waals surface area contributed by atoms with E-state index in [4.69, 9.17) is 4.74 Å². The lowest BCUT2D eigenvalue weighted by Gasteiger charge is -2.09. The zero-order valence-electron chi connectivity index (χ0n) is 12.5. The normalized spacial score (nSPS) is 10.6. The largest absolute Gasteiger partial charge is 0.452 e. The van der Waals surface area contributed by atoms with Gasteiger partial charge in [0.2, 0.25) is 0 Å². The van der Waals surface area contributed by atoms with E-state index in [0.29, 0.717) is 0 Å². The summed E-state index contributed by atoms with van der Waals surface area (Å²) in [6.45, 7) is 3.55. The minimum absolute atomic E-state index is 0.305. The first-order chi connectivity index (χ1) is 10.5. The lowest BCUT2D eigenvalue weighted by Crippen LogP contribution is -2.20. The first-order valence-corrected chi connectivity index (χ1v) is 7.73. The number of amides is 1. The molecule has 0 aliphatic carbocycles. The molecule has 0 fully saturated rings. The Balaban J connectivity index is 1.82. The number of aryl methyl sites for hydroxylation is 2. The number of ether oxygens (including phenoxy) is 1. The summed E-state index contributed by atoms with van der Waals surface area (Å²) in [4.78, 5) is 23.3. The van der Waals surface area contributed by atoms with Crippen molar-refractivity contribution in [2.75, 3.05) is 11.9 Å². The van der Waals surface area contributed by atoms with Crippen LogP contribution in [-0.2, 0) is 14.3 Å². The zero-order valence-corrected chi connectivity index (χ0v) is 13.3. The fraction of sp³-hybridized carbons (Fsp3) is 0.176. The molecule has 0 aliphatic heterocycles. The number of hydrogen-bond acceptors (Lipinski definition) is 4. The fourth-order valence-electron chi connectivity index (χ4n) is 1.78. The molecule has 1 heterocycles. The van der Waals surface area contributed by atoms with Crippen LogP contribution in [0.3, 0.4) is 0 Å². The summed E-state index contributed by atoms with van der Waals surface area (Å²) in [6, 6.07) is 7.67. The summed E-state index contributed by atoms with van der Waals surface area (Å²) in [5.74, 6) is -0.895. The van der Waals surface area contributed by atoms with Gasteiger partial charge in [0, 0.05) is 11.8 Å². The molecule has 4 nitrogen and oxygen atoms in total. The van der Waals surface area contributed by atoms with Gasteiger partial charge < -0.3 is 10.1 Å². The maximum atomic E-state index is 11.8. The summed E-state index contributed by atoms with van der Waals surface area (Å²) in [5, 5.41) is 6.57. The molecule has 1 aromatic carbocycles. The van der Waals surface area contributed by atoms with E-state index in [1.54, 1.807) is 17.4 Å². The third kappa shape index (κ3) is 4.86. The second-order valence-electron chi connectivity index (χ2n) is 4.86. The molecule has 1 N–H and O–H groups in total. The predicted octanol–water partition coefficient (Wildman–Crippen LogP) is 3.56. The Morgan fingerprint density at radius 1 is 1.27 bits per heavy atom. The third-order valence-corrected chi connectivity index (χ3v) is 3.67. The van der Waals surface area contributed by atoms with E-state index in [1.807, 2.05) is 48.9 Å². The number of carbonyl (C=O) groups is 2. The Morgan fingerprint density at radius 2 is 2.09 bits per heavy atom. The Bertz CT molecular complexity index is 690. The topological polar surface area (TPSA) is 55.4 Å². The monoisotopic (exact) mass is 315 g/mol. The highest BCUT2D eigenvalue weighted by Crippen LogP contribution is 2.16. The smallest absolute Gasteiger partial charge is 0.331 e. The van der Waals surface area contributed by atoms with Crippen molar-refractivity contribution < 1.29 is 14.3 Å². The van der Waals surface area contributed by atoms with Crippen LogP contribution in [0, 0.1) is 13.8 Å². The third-order valence-electron chi connectivity index (χ3n) is 2.97. The number of hydrogen-bond donors (Lipinski definition) is 1. The summed E-state index contributed by atoms with van der Waals surface area (Å²) in [6.07, 6.45) is 2.97. The van der Waals surface area contributed by atoms with Crippen LogP contribution in [0.15, 0.2) is 41.1 Å². The molecular weight excluding hydrogens is 298 g/mol. The van der Waals surface area contributed by atoms with E-state index in [1.165, 1.54) is 6.08 Å². The highest BCUT2D eigenvalue weighted by Gasteiger charge is 2.07. The Morgan fingerprint density at radius 3 is 2.82 bits per heavy atom. The molecule has 1 aromatic heterocycles. The number of esters is 1. The van der Waals surface area contributed by atoms with Crippen molar-refractivity contribution >= 4 is 35.0 Å². The highest BCUT2D eigenvalue weighted by molar-refractivity contribution is 7.08. The van der Waals surface area contributed by atoms with Crippen molar-refractivity contribution in [3.63, 3.8) is 0 Å². The van der Waals surface area contributed by atoms with Crippen molar-refractivity contribution in [3.05, 3.63) is 57.8 Å². The quantitative estimate of drug-likeness (QED) is 0.678. The molecule has 5 heteroatoms. The molecule has 114 valence electrons. The van der Waals surface area contributed by atoms with Crippen LogP contribution in [0.4, 0.5) is 5.69 Å². The number of thiophene rings is 1. The van der Waals surface area contributed by atoms with Crippen LogP contribution in [0.5, 0.6) is 0 Å².